The van der Waals surface area contributed by atoms with Crippen molar-refractivity contribution in [2.75, 3.05) is 11.4 Å². The van der Waals surface area contributed by atoms with Gasteiger partial charge in [0.15, 0.2) is 0 Å². The summed E-state index contributed by atoms with van der Waals surface area (Å²) in [5, 5.41) is 0. The third-order valence-corrected chi connectivity index (χ3v) is 4.24. The predicted molar refractivity (Wildman–Crippen MR) is 96.1 cm³/mol. The van der Waals surface area contributed by atoms with Crippen molar-refractivity contribution in [3.05, 3.63) is 71.9 Å². The van der Waals surface area contributed by atoms with Crippen molar-refractivity contribution in [3.8, 4) is 11.6 Å². The monoisotopic (exact) mass is 347 g/mol. The molecule has 7 nitrogen and oxygen atoms in total. The Labute approximate surface area is 150 Å². The van der Waals surface area contributed by atoms with Gasteiger partial charge in [-0.15, -0.1) is 0 Å². The number of anilines is 1. The fourth-order valence-corrected chi connectivity index (χ4v) is 2.95. The molecule has 1 aliphatic rings. The number of nitrogens with two attached hydrogens (primary N) is 1. The molecule has 26 heavy (non-hydrogen) atoms. The van der Waals surface area contributed by atoms with Crippen molar-refractivity contribution in [3.63, 3.8) is 0 Å². The largest absolute Gasteiger partial charge is 0.439 e. The van der Waals surface area contributed by atoms with Gasteiger partial charge < -0.3 is 15.4 Å². The molecule has 1 amide bonds. The number of fused-ring (bicyclic) bond motifs is 1. The SMILES string of the molecule is NCc1cc(Oc2cccc(C(=O)N3CCc4ccncc43)c2)ncn1. The van der Waals surface area contributed by atoms with Gasteiger partial charge in [0.2, 0.25) is 5.88 Å². The highest BCUT2D eigenvalue weighted by atomic mass is 16.5. The molecule has 0 fully saturated rings. The second kappa shape index (κ2) is 6.89. The first kappa shape index (κ1) is 16.2. The van der Waals surface area contributed by atoms with E-state index in [0.29, 0.717) is 36.0 Å². The van der Waals surface area contributed by atoms with Crippen LogP contribution < -0.4 is 15.4 Å². The summed E-state index contributed by atoms with van der Waals surface area (Å²) < 4.78 is 5.75. The fourth-order valence-electron chi connectivity index (χ4n) is 2.95. The van der Waals surface area contributed by atoms with E-state index in [2.05, 4.69) is 15.0 Å². The summed E-state index contributed by atoms with van der Waals surface area (Å²) in [6, 6.07) is 10.7. The molecule has 0 radical (unpaired) electrons. The maximum absolute atomic E-state index is 12.9. The van der Waals surface area contributed by atoms with Gasteiger partial charge in [-0.3, -0.25) is 9.78 Å². The minimum atomic E-state index is -0.0764. The number of carbonyl (C=O) groups excluding carboxylic acids is 1. The quantitative estimate of drug-likeness (QED) is 0.778. The molecule has 0 saturated heterocycles. The van der Waals surface area contributed by atoms with E-state index in [-0.39, 0.29) is 5.91 Å². The van der Waals surface area contributed by atoms with Gasteiger partial charge in [0.05, 0.1) is 17.6 Å². The number of hydrogen-bond acceptors (Lipinski definition) is 6. The van der Waals surface area contributed by atoms with Crippen LogP contribution in [0.25, 0.3) is 0 Å². The minimum absolute atomic E-state index is 0.0764. The van der Waals surface area contributed by atoms with Crippen molar-refractivity contribution in [1.82, 2.24) is 15.0 Å². The molecule has 1 aromatic carbocycles. The van der Waals surface area contributed by atoms with Crippen LogP contribution in [0.3, 0.4) is 0 Å². The van der Waals surface area contributed by atoms with Crippen molar-refractivity contribution < 1.29 is 9.53 Å². The topological polar surface area (TPSA) is 94.2 Å². The highest BCUT2D eigenvalue weighted by Gasteiger charge is 2.25. The highest BCUT2D eigenvalue weighted by molar-refractivity contribution is 6.07. The lowest BCUT2D eigenvalue weighted by molar-refractivity contribution is 0.0989. The van der Waals surface area contributed by atoms with Crippen LogP contribution >= 0.6 is 0 Å². The smallest absolute Gasteiger partial charge is 0.258 e. The Bertz CT molecular complexity index is 960. The molecular formula is C19H17N5O2. The van der Waals surface area contributed by atoms with Crippen LogP contribution in [0.5, 0.6) is 11.6 Å². The zero-order valence-electron chi connectivity index (χ0n) is 14.0. The third kappa shape index (κ3) is 3.12. The lowest BCUT2D eigenvalue weighted by Crippen LogP contribution is -2.28. The van der Waals surface area contributed by atoms with E-state index in [9.17, 15) is 4.79 Å². The van der Waals surface area contributed by atoms with Crippen LogP contribution in [0.4, 0.5) is 5.69 Å². The summed E-state index contributed by atoms with van der Waals surface area (Å²) >= 11 is 0. The molecule has 7 heteroatoms. The summed E-state index contributed by atoms with van der Waals surface area (Å²) in [7, 11) is 0. The van der Waals surface area contributed by atoms with Gasteiger partial charge in [0.1, 0.15) is 12.1 Å². The molecule has 0 aliphatic carbocycles. The standard InChI is InChI=1S/C19H17N5O2/c20-10-15-9-18(23-12-22-15)26-16-3-1-2-14(8-16)19(25)24-7-5-13-4-6-21-11-17(13)24/h1-4,6,8-9,11-12H,5,7,10,20H2. The van der Waals surface area contributed by atoms with Crippen molar-refractivity contribution in [2.24, 2.45) is 5.73 Å². The van der Waals surface area contributed by atoms with E-state index in [1.54, 1.807) is 47.6 Å². The van der Waals surface area contributed by atoms with Gasteiger partial charge in [0, 0.05) is 30.9 Å². The second-order valence-corrected chi connectivity index (χ2v) is 5.89. The molecule has 2 aromatic heterocycles. The number of benzene rings is 1. The van der Waals surface area contributed by atoms with Crippen LogP contribution in [-0.2, 0) is 13.0 Å². The van der Waals surface area contributed by atoms with Crippen molar-refractivity contribution in [2.45, 2.75) is 13.0 Å². The van der Waals surface area contributed by atoms with Crippen molar-refractivity contribution >= 4 is 11.6 Å². The summed E-state index contributed by atoms with van der Waals surface area (Å²) in [5.41, 5.74) is 8.82. The molecule has 4 rings (SSSR count). The lowest BCUT2D eigenvalue weighted by Gasteiger charge is -2.17. The Hall–Kier alpha value is -3.32. The first-order chi connectivity index (χ1) is 12.7. The van der Waals surface area contributed by atoms with E-state index in [1.807, 2.05) is 6.07 Å². The van der Waals surface area contributed by atoms with Crippen LogP contribution in [-0.4, -0.2) is 27.4 Å². The molecule has 130 valence electrons. The number of rotatable bonds is 4. The Balaban J connectivity index is 1.57. The number of aromatic nitrogens is 3. The van der Waals surface area contributed by atoms with Crippen LogP contribution in [0.2, 0.25) is 0 Å². The lowest BCUT2D eigenvalue weighted by atomic mass is 10.2. The summed E-state index contributed by atoms with van der Waals surface area (Å²) in [6.07, 6.45) is 5.72. The van der Waals surface area contributed by atoms with Gasteiger partial charge in [-0.1, -0.05) is 6.07 Å². The number of amides is 1. The van der Waals surface area contributed by atoms with E-state index in [4.69, 9.17) is 10.5 Å². The average Bonchev–Trinajstić information content (AvgIpc) is 3.12. The fraction of sp³-hybridized carbons (Fsp3) is 0.158. The van der Waals surface area contributed by atoms with E-state index in [1.165, 1.54) is 6.33 Å². The zero-order valence-corrected chi connectivity index (χ0v) is 14.0. The molecule has 3 aromatic rings. The molecule has 0 saturated carbocycles. The highest BCUT2D eigenvalue weighted by Crippen LogP contribution is 2.29. The second-order valence-electron chi connectivity index (χ2n) is 5.89. The first-order valence-electron chi connectivity index (χ1n) is 8.28. The van der Waals surface area contributed by atoms with Crippen LogP contribution in [0.15, 0.2) is 55.1 Å². The van der Waals surface area contributed by atoms with Crippen molar-refractivity contribution in [1.29, 1.82) is 0 Å². The maximum Gasteiger partial charge on any atom is 0.258 e. The third-order valence-electron chi connectivity index (χ3n) is 4.24. The van der Waals surface area contributed by atoms with Gasteiger partial charge >= 0.3 is 0 Å². The van der Waals surface area contributed by atoms with E-state index in [0.717, 1.165) is 17.7 Å². The number of pyridine rings is 1. The summed E-state index contributed by atoms with van der Waals surface area (Å²) in [6.45, 7) is 0.955. The molecule has 0 unspecified atom stereocenters. The van der Waals surface area contributed by atoms with Gasteiger partial charge in [0.25, 0.3) is 5.91 Å². The Morgan fingerprint density at radius 2 is 2.15 bits per heavy atom. The van der Waals surface area contributed by atoms with E-state index >= 15 is 0 Å². The van der Waals surface area contributed by atoms with Crippen LogP contribution in [0.1, 0.15) is 21.6 Å². The van der Waals surface area contributed by atoms with E-state index < -0.39 is 0 Å². The predicted octanol–water partition coefficient (Wildman–Crippen LogP) is 2.33. The molecular weight excluding hydrogens is 330 g/mol. The van der Waals surface area contributed by atoms with Gasteiger partial charge in [-0.25, -0.2) is 9.97 Å². The van der Waals surface area contributed by atoms with Crippen LogP contribution in [0, 0.1) is 0 Å². The zero-order chi connectivity index (χ0) is 17.9. The van der Waals surface area contributed by atoms with Gasteiger partial charge in [-0.2, -0.15) is 0 Å². The average molecular weight is 347 g/mol. The number of hydrogen-bond donors (Lipinski definition) is 1. The summed E-state index contributed by atoms with van der Waals surface area (Å²) in [5.74, 6) is 0.844. The summed E-state index contributed by atoms with van der Waals surface area (Å²) in [4.78, 5) is 26.9. The first-order valence-corrected chi connectivity index (χ1v) is 8.28. The Kier molecular flexibility index (Phi) is 4.28. The maximum atomic E-state index is 12.9. The Morgan fingerprint density at radius 3 is 3.04 bits per heavy atom. The molecule has 3 heterocycles. The molecule has 1 aliphatic heterocycles. The van der Waals surface area contributed by atoms with Gasteiger partial charge in [-0.05, 0) is 36.2 Å². The molecule has 0 atom stereocenters. The number of ether oxygens (including phenoxy) is 1. The number of carbonyl (C=O) groups is 1. The molecule has 0 spiro atoms. The molecule has 2 N–H and O–H groups in total. The Morgan fingerprint density at radius 1 is 1.23 bits per heavy atom. The number of nitrogens with zero attached hydrogens (tertiary/aromatic N) is 4. The normalized spacial score (nSPS) is 12.7. The minimum Gasteiger partial charge on any atom is -0.439 e. The molecule has 0 bridgehead atoms.